The molecule has 3 nitrogen and oxygen atoms in total. The Hall–Kier alpha value is -2.33. The van der Waals surface area contributed by atoms with E-state index >= 15 is 0 Å². The first-order valence-electron chi connectivity index (χ1n) is 7.10. The van der Waals surface area contributed by atoms with Crippen LogP contribution < -0.4 is 4.74 Å². The first kappa shape index (κ1) is 17.0. The van der Waals surface area contributed by atoms with Gasteiger partial charge in [-0.2, -0.15) is 0 Å². The lowest BCUT2D eigenvalue weighted by atomic mass is 10.2. The fraction of sp³-hybridized carbons (Fsp3) is 0.167. The summed E-state index contributed by atoms with van der Waals surface area (Å²) in [5.41, 5.74) is 1.60. The van der Waals surface area contributed by atoms with Crippen LogP contribution in [0.25, 0.3) is 6.08 Å². The van der Waals surface area contributed by atoms with E-state index in [4.69, 9.17) is 21.1 Å². The van der Waals surface area contributed by atoms with Gasteiger partial charge in [0, 0.05) is 6.08 Å². The lowest BCUT2D eigenvalue weighted by molar-refractivity contribution is -0.137. The Labute approximate surface area is 139 Å². The van der Waals surface area contributed by atoms with Crippen LogP contribution in [0, 0.1) is 5.82 Å². The Balaban J connectivity index is 1.99. The fourth-order valence-electron chi connectivity index (χ4n) is 1.83. The highest BCUT2D eigenvalue weighted by Gasteiger charge is 2.04. The van der Waals surface area contributed by atoms with Crippen molar-refractivity contribution in [3.63, 3.8) is 0 Å². The van der Waals surface area contributed by atoms with Gasteiger partial charge in [0.15, 0.2) is 0 Å². The highest BCUT2D eigenvalue weighted by Crippen LogP contribution is 2.26. The third-order valence-corrected chi connectivity index (χ3v) is 3.26. The van der Waals surface area contributed by atoms with Crippen molar-refractivity contribution in [3.05, 3.63) is 70.5 Å². The van der Waals surface area contributed by atoms with E-state index in [9.17, 15) is 9.18 Å². The molecule has 0 N–H and O–H groups in total. The lowest BCUT2D eigenvalue weighted by Gasteiger charge is -2.08. The van der Waals surface area contributed by atoms with Crippen LogP contribution >= 0.6 is 11.6 Å². The molecule has 0 bridgehead atoms. The largest absolute Gasteiger partial charge is 0.487 e. The highest BCUT2D eigenvalue weighted by molar-refractivity contribution is 6.32. The zero-order chi connectivity index (χ0) is 16.7. The SMILES string of the molecule is CCOC(=O)/C=C/c1ccc(OCc2ccc(F)cc2)c(Cl)c1. The van der Waals surface area contributed by atoms with Gasteiger partial charge < -0.3 is 9.47 Å². The van der Waals surface area contributed by atoms with Crippen LogP contribution in [0.2, 0.25) is 5.02 Å². The summed E-state index contributed by atoms with van der Waals surface area (Å²) in [6, 6.07) is 11.3. The quantitative estimate of drug-likeness (QED) is 0.570. The summed E-state index contributed by atoms with van der Waals surface area (Å²) in [6.07, 6.45) is 2.96. The summed E-state index contributed by atoms with van der Waals surface area (Å²) in [4.78, 5) is 11.3. The second kappa shape index (κ2) is 8.34. The topological polar surface area (TPSA) is 35.5 Å². The van der Waals surface area contributed by atoms with Gasteiger partial charge in [-0.05, 0) is 48.4 Å². The predicted molar refractivity (Wildman–Crippen MR) is 87.9 cm³/mol. The lowest BCUT2D eigenvalue weighted by Crippen LogP contribution is -1.98. The minimum atomic E-state index is -0.403. The zero-order valence-corrected chi connectivity index (χ0v) is 13.3. The van der Waals surface area contributed by atoms with Gasteiger partial charge in [0.2, 0.25) is 0 Å². The van der Waals surface area contributed by atoms with E-state index in [1.54, 1.807) is 43.3 Å². The van der Waals surface area contributed by atoms with Crippen molar-refractivity contribution in [2.24, 2.45) is 0 Å². The Morgan fingerprint density at radius 2 is 1.96 bits per heavy atom. The molecule has 2 aromatic rings. The zero-order valence-electron chi connectivity index (χ0n) is 12.6. The first-order chi connectivity index (χ1) is 11.1. The Kier molecular flexibility index (Phi) is 6.18. The van der Waals surface area contributed by atoms with Gasteiger partial charge in [-0.1, -0.05) is 29.8 Å². The molecule has 2 rings (SSSR count). The van der Waals surface area contributed by atoms with E-state index in [-0.39, 0.29) is 12.4 Å². The molecule has 0 atom stereocenters. The smallest absolute Gasteiger partial charge is 0.330 e. The maximum absolute atomic E-state index is 12.8. The van der Waals surface area contributed by atoms with Crippen LogP contribution in [0.3, 0.4) is 0 Å². The molecule has 0 unspecified atom stereocenters. The van der Waals surface area contributed by atoms with Crippen molar-refractivity contribution < 1.29 is 18.7 Å². The molecule has 5 heteroatoms. The van der Waals surface area contributed by atoms with Gasteiger partial charge >= 0.3 is 5.97 Å². The van der Waals surface area contributed by atoms with Crippen LogP contribution in [0.5, 0.6) is 5.75 Å². The third-order valence-electron chi connectivity index (χ3n) is 2.96. The first-order valence-corrected chi connectivity index (χ1v) is 7.48. The van der Waals surface area contributed by atoms with E-state index < -0.39 is 5.97 Å². The van der Waals surface area contributed by atoms with E-state index in [1.165, 1.54) is 18.2 Å². The van der Waals surface area contributed by atoms with Crippen molar-refractivity contribution >= 4 is 23.6 Å². The number of carbonyl (C=O) groups is 1. The van der Waals surface area contributed by atoms with E-state index in [0.717, 1.165) is 11.1 Å². The van der Waals surface area contributed by atoms with Gasteiger partial charge in [-0.25, -0.2) is 9.18 Å². The molecule has 0 aliphatic heterocycles. The summed E-state index contributed by atoms with van der Waals surface area (Å²) in [5.74, 6) is -0.172. The summed E-state index contributed by atoms with van der Waals surface area (Å²) in [5, 5.41) is 0.429. The van der Waals surface area contributed by atoms with E-state index in [1.807, 2.05) is 0 Å². The minimum absolute atomic E-state index is 0.287. The monoisotopic (exact) mass is 334 g/mol. The van der Waals surface area contributed by atoms with Crippen molar-refractivity contribution in [1.82, 2.24) is 0 Å². The molecular formula is C18H16ClFO3. The van der Waals surface area contributed by atoms with Crippen molar-refractivity contribution in [3.8, 4) is 5.75 Å². The van der Waals surface area contributed by atoms with Crippen molar-refractivity contribution in [2.45, 2.75) is 13.5 Å². The third kappa shape index (κ3) is 5.42. The summed E-state index contributed by atoms with van der Waals surface area (Å²) >= 11 is 6.16. The molecule has 0 heterocycles. The molecule has 120 valence electrons. The summed E-state index contributed by atoms with van der Waals surface area (Å²) in [6.45, 7) is 2.37. The fourth-order valence-corrected chi connectivity index (χ4v) is 2.08. The molecule has 0 saturated heterocycles. The number of hydrogen-bond acceptors (Lipinski definition) is 3. The van der Waals surface area contributed by atoms with Crippen LogP contribution in [-0.4, -0.2) is 12.6 Å². The standard InChI is InChI=1S/C18H16ClFO3/c1-2-22-18(21)10-6-13-5-9-17(16(19)11-13)23-12-14-3-7-15(20)8-4-14/h3-11H,2,12H2,1H3/b10-6+. The second-order valence-corrected chi connectivity index (χ2v) is 5.10. The molecule has 2 aromatic carbocycles. The molecular weight excluding hydrogens is 319 g/mol. The van der Waals surface area contributed by atoms with Gasteiger partial charge in [0.1, 0.15) is 18.2 Å². The molecule has 0 saturated carbocycles. The second-order valence-electron chi connectivity index (χ2n) is 4.69. The normalized spacial score (nSPS) is 10.7. The van der Waals surface area contributed by atoms with E-state index in [0.29, 0.717) is 17.4 Å². The average molecular weight is 335 g/mol. The van der Waals surface area contributed by atoms with Gasteiger partial charge in [0.25, 0.3) is 0 Å². The van der Waals surface area contributed by atoms with Gasteiger partial charge in [-0.3, -0.25) is 0 Å². The molecule has 0 radical (unpaired) electrons. The van der Waals surface area contributed by atoms with E-state index in [2.05, 4.69) is 0 Å². The molecule has 0 aliphatic rings. The molecule has 0 amide bonds. The molecule has 23 heavy (non-hydrogen) atoms. The van der Waals surface area contributed by atoms with Gasteiger partial charge in [-0.15, -0.1) is 0 Å². The molecule has 0 fully saturated rings. The number of esters is 1. The summed E-state index contributed by atoms with van der Waals surface area (Å²) in [7, 11) is 0. The maximum Gasteiger partial charge on any atom is 0.330 e. The van der Waals surface area contributed by atoms with Crippen molar-refractivity contribution in [2.75, 3.05) is 6.61 Å². The van der Waals surface area contributed by atoms with Crippen LogP contribution in [0.15, 0.2) is 48.5 Å². The predicted octanol–water partition coefficient (Wildman–Crippen LogP) is 4.63. The van der Waals surface area contributed by atoms with Crippen LogP contribution in [-0.2, 0) is 16.1 Å². The Bertz CT molecular complexity index is 696. The van der Waals surface area contributed by atoms with Gasteiger partial charge in [0.05, 0.1) is 11.6 Å². The maximum atomic E-state index is 12.8. The molecule has 0 aromatic heterocycles. The number of halogens is 2. The van der Waals surface area contributed by atoms with Crippen LogP contribution in [0.1, 0.15) is 18.1 Å². The minimum Gasteiger partial charge on any atom is -0.487 e. The van der Waals surface area contributed by atoms with Crippen molar-refractivity contribution in [1.29, 1.82) is 0 Å². The molecule has 0 spiro atoms. The number of carbonyl (C=O) groups excluding carboxylic acids is 1. The number of rotatable bonds is 6. The van der Waals surface area contributed by atoms with Crippen LogP contribution in [0.4, 0.5) is 4.39 Å². The Morgan fingerprint density at radius 3 is 2.61 bits per heavy atom. The number of ether oxygens (including phenoxy) is 2. The molecule has 0 aliphatic carbocycles. The average Bonchev–Trinajstić information content (AvgIpc) is 2.54. The summed E-state index contributed by atoms with van der Waals surface area (Å²) < 4.78 is 23.3. The highest BCUT2D eigenvalue weighted by atomic mass is 35.5. The number of hydrogen-bond donors (Lipinski definition) is 0. The Morgan fingerprint density at radius 1 is 1.22 bits per heavy atom. The number of benzene rings is 2.